The Hall–Kier alpha value is -1.63. The van der Waals surface area contributed by atoms with E-state index in [-0.39, 0.29) is 5.56 Å². The van der Waals surface area contributed by atoms with Crippen LogP contribution in [0, 0.1) is 13.8 Å². The fourth-order valence-electron chi connectivity index (χ4n) is 1.99. The molecule has 0 aliphatic rings. The fraction of sp³-hybridized carbons (Fsp3) is 0.500. The number of hydrogen-bond acceptors (Lipinski definition) is 5. The summed E-state index contributed by atoms with van der Waals surface area (Å²) in [6.45, 7) is 7.02. The Bertz CT molecular complexity index is 659. The third-order valence-corrected chi connectivity index (χ3v) is 4.11. The van der Waals surface area contributed by atoms with Crippen molar-refractivity contribution in [3.8, 4) is 0 Å². The number of aryl methyl sites for hydroxylation is 3. The number of halogens is 1. The van der Waals surface area contributed by atoms with Gasteiger partial charge in [0.1, 0.15) is 10.2 Å². The number of nitrogens with one attached hydrogen (secondary N) is 1. The maximum absolute atomic E-state index is 12.2. The zero-order valence-corrected chi connectivity index (χ0v) is 14.0. The number of hydrogen-bond donors (Lipinski definition) is 1. The van der Waals surface area contributed by atoms with E-state index in [4.69, 9.17) is 4.52 Å². The predicted molar refractivity (Wildman–Crippen MR) is 84.4 cm³/mol. The van der Waals surface area contributed by atoms with Crippen molar-refractivity contribution < 1.29 is 4.52 Å². The van der Waals surface area contributed by atoms with Crippen LogP contribution in [-0.2, 0) is 13.1 Å². The highest BCUT2D eigenvalue weighted by Crippen LogP contribution is 2.19. The smallest absolute Gasteiger partial charge is 0.283 e. The molecule has 114 valence electrons. The quantitative estimate of drug-likeness (QED) is 0.862. The molecule has 2 aromatic rings. The molecular formula is C14H19BrN4O2. The van der Waals surface area contributed by atoms with Crippen molar-refractivity contribution in [2.75, 3.05) is 5.32 Å². The van der Waals surface area contributed by atoms with Gasteiger partial charge in [-0.3, -0.25) is 4.79 Å². The Labute approximate surface area is 131 Å². The second-order valence-corrected chi connectivity index (χ2v) is 5.70. The first-order valence-electron chi connectivity index (χ1n) is 6.95. The van der Waals surface area contributed by atoms with Gasteiger partial charge >= 0.3 is 0 Å². The molecule has 2 rings (SSSR count). The molecule has 0 atom stereocenters. The minimum absolute atomic E-state index is 0.118. The maximum Gasteiger partial charge on any atom is 0.283 e. The molecule has 0 fully saturated rings. The molecular weight excluding hydrogens is 336 g/mol. The van der Waals surface area contributed by atoms with E-state index in [9.17, 15) is 4.79 Å². The molecule has 2 aromatic heterocycles. The van der Waals surface area contributed by atoms with E-state index in [1.54, 1.807) is 6.20 Å². The van der Waals surface area contributed by atoms with E-state index in [1.807, 2.05) is 13.8 Å². The molecule has 0 amide bonds. The molecule has 21 heavy (non-hydrogen) atoms. The van der Waals surface area contributed by atoms with Gasteiger partial charge in [-0.1, -0.05) is 18.5 Å². The lowest BCUT2D eigenvalue weighted by molar-refractivity contribution is 0.392. The van der Waals surface area contributed by atoms with Crippen LogP contribution in [-0.4, -0.2) is 14.9 Å². The Morgan fingerprint density at radius 1 is 1.43 bits per heavy atom. The fourth-order valence-corrected chi connectivity index (χ4v) is 2.44. The minimum Gasteiger partial charge on any atom is -0.378 e. The van der Waals surface area contributed by atoms with Crippen LogP contribution in [0.4, 0.5) is 5.69 Å². The molecule has 0 bridgehead atoms. The van der Waals surface area contributed by atoms with Gasteiger partial charge in [0.05, 0.1) is 17.6 Å². The molecule has 0 aromatic carbocycles. The second kappa shape index (κ2) is 6.89. The number of unbranched alkanes of at least 4 members (excludes halogenated alkanes) is 1. The molecule has 1 N–H and O–H groups in total. The summed E-state index contributed by atoms with van der Waals surface area (Å²) in [6, 6.07) is 0. The third kappa shape index (κ3) is 3.53. The van der Waals surface area contributed by atoms with Crippen LogP contribution < -0.4 is 10.9 Å². The highest BCUT2D eigenvalue weighted by atomic mass is 79.9. The molecule has 0 radical (unpaired) electrons. The molecule has 0 saturated heterocycles. The van der Waals surface area contributed by atoms with Gasteiger partial charge in [-0.25, -0.2) is 4.68 Å². The normalized spacial score (nSPS) is 10.9. The molecule has 6 nitrogen and oxygen atoms in total. The summed E-state index contributed by atoms with van der Waals surface area (Å²) in [6.07, 6.45) is 3.63. The number of anilines is 1. The zero-order chi connectivity index (χ0) is 15.4. The standard InChI is InChI=1S/C14H19BrN4O2/c1-4-5-6-19-14(20)13(15)12(8-17-19)16-7-11-9(2)18-21-10(11)3/h8,16H,4-7H2,1-3H3. The van der Waals surface area contributed by atoms with Crippen LogP contribution in [0.1, 0.15) is 36.8 Å². The summed E-state index contributed by atoms with van der Waals surface area (Å²) < 4.78 is 7.10. The molecule has 0 unspecified atom stereocenters. The topological polar surface area (TPSA) is 73.0 Å². The average Bonchev–Trinajstić information content (AvgIpc) is 2.79. The number of nitrogens with zero attached hydrogens (tertiary/aromatic N) is 3. The van der Waals surface area contributed by atoms with Gasteiger partial charge in [0.15, 0.2) is 0 Å². The van der Waals surface area contributed by atoms with Gasteiger partial charge < -0.3 is 9.84 Å². The largest absolute Gasteiger partial charge is 0.378 e. The average molecular weight is 355 g/mol. The van der Waals surface area contributed by atoms with Crippen molar-refractivity contribution in [3.63, 3.8) is 0 Å². The van der Waals surface area contributed by atoms with Crippen LogP contribution in [0.25, 0.3) is 0 Å². The Balaban J connectivity index is 2.14. The van der Waals surface area contributed by atoms with E-state index in [0.717, 1.165) is 29.9 Å². The third-order valence-electron chi connectivity index (χ3n) is 3.35. The summed E-state index contributed by atoms with van der Waals surface area (Å²) >= 11 is 3.35. The van der Waals surface area contributed by atoms with Crippen molar-refractivity contribution >= 4 is 21.6 Å². The van der Waals surface area contributed by atoms with Crippen molar-refractivity contribution in [3.05, 3.63) is 38.0 Å². The first kappa shape index (κ1) is 15.8. The van der Waals surface area contributed by atoms with E-state index in [0.29, 0.717) is 23.2 Å². The summed E-state index contributed by atoms with van der Waals surface area (Å²) in [5.74, 6) is 0.778. The monoisotopic (exact) mass is 354 g/mol. The molecule has 0 spiro atoms. The van der Waals surface area contributed by atoms with Crippen molar-refractivity contribution in [1.29, 1.82) is 0 Å². The second-order valence-electron chi connectivity index (χ2n) is 4.91. The van der Waals surface area contributed by atoms with Gasteiger partial charge in [0.25, 0.3) is 5.56 Å². The minimum atomic E-state index is -0.118. The van der Waals surface area contributed by atoms with E-state index in [1.165, 1.54) is 4.68 Å². The highest BCUT2D eigenvalue weighted by molar-refractivity contribution is 9.10. The van der Waals surface area contributed by atoms with Gasteiger partial charge in [-0.05, 0) is 36.2 Å². The number of aromatic nitrogens is 3. The highest BCUT2D eigenvalue weighted by Gasteiger charge is 2.12. The lowest BCUT2D eigenvalue weighted by Gasteiger charge is -2.10. The zero-order valence-electron chi connectivity index (χ0n) is 12.4. The molecule has 2 heterocycles. The summed E-state index contributed by atoms with van der Waals surface area (Å²) in [7, 11) is 0. The van der Waals surface area contributed by atoms with E-state index >= 15 is 0 Å². The van der Waals surface area contributed by atoms with Gasteiger partial charge in [0, 0.05) is 18.7 Å². The van der Waals surface area contributed by atoms with Gasteiger partial charge in [0.2, 0.25) is 0 Å². The molecule has 0 aliphatic heterocycles. The van der Waals surface area contributed by atoms with Gasteiger partial charge in [-0.2, -0.15) is 5.10 Å². The lowest BCUT2D eigenvalue weighted by Crippen LogP contribution is -2.24. The maximum atomic E-state index is 12.2. The van der Waals surface area contributed by atoms with Crippen molar-refractivity contribution in [2.45, 2.75) is 46.7 Å². The Morgan fingerprint density at radius 3 is 2.81 bits per heavy atom. The summed E-state index contributed by atoms with van der Waals surface area (Å²) in [4.78, 5) is 12.2. The first-order valence-corrected chi connectivity index (χ1v) is 7.75. The number of rotatable bonds is 6. The Kier molecular flexibility index (Phi) is 5.17. The van der Waals surface area contributed by atoms with Crippen LogP contribution in [0.3, 0.4) is 0 Å². The predicted octanol–water partition coefficient (Wildman–Crippen LogP) is 3.02. The van der Waals surface area contributed by atoms with Crippen LogP contribution in [0.2, 0.25) is 0 Å². The summed E-state index contributed by atoms with van der Waals surface area (Å²) in [5.41, 5.74) is 2.40. The molecule has 0 aliphatic carbocycles. The Morgan fingerprint density at radius 2 is 2.19 bits per heavy atom. The van der Waals surface area contributed by atoms with E-state index < -0.39 is 0 Å². The van der Waals surface area contributed by atoms with Crippen molar-refractivity contribution in [1.82, 2.24) is 14.9 Å². The first-order chi connectivity index (χ1) is 10.0. The van der Waals surface area contributed by atoms with Gasteiger partial charge in [-0.15, -0.1) is 0 Å². The molecule has 7 heteroatoms. The lowest BCUT2D eigenvalue weighted by atomic mass is 10.2. The van der Waals surface area contributed by atoms with Crippen LogP contribution >= 0.6 is 15.9 Å². The van der Waals surface area contributed by atoms with E-state index in [2.05, 4.69) is 38.4 Å². The summed E-state index contributed by atoms with van der Waals surface area (Å²) in [5, 5.41) is 11.3. The van der Waals surface area contributed by atoms with Crippen LogP contribution in [0.5, 0.6) is 0 Å². The van der Waals surface area contributed by atoms with Crippen molar-refractivity contribution in [2.24, 2.45) is 0 Å². The molecule has 0 saturated carbocycles. The SMILES string of the molecule is CCCCn1ncc(NCc2c(C)noc2C)c(Br)c1=O. The van der Waals surface area contributed by atoms with Crippen LogP contribution in [0.15, 0.2) is 20.0 Å².